The summed E-state index contributed by atoms with van der Waals surface area (Å²) in [5.74, 6) is -0.601. The normalized spacial score (nSPS) is 12.4. The molecule has 0 bridgehead atoms. The van der Waals surface area contributed by atoms with Crippen molar-refractivity contribution in [2.45, 2.75) is 25.2 Å². The van der Waals surface area contributed by atoms with Crippen LogP contribution in [0.5, 0.6) is 0 Å². The maximum atomic E-state index is 11.7. The van der Waals surface area contributed by atoms with Crippen molar-refractivity contribution < 1.29 is 13.2 Å². The van der Waals surface area contributed by atoms with Crippen LogP contribution in [0.3, 0.4) is 0 Å². The topological polar surface area (TPSA) is 115 Å². The number of carbonyl (C=O) groups excluding carboxylic acids is 1. The number of hydrogen-bond acceptors (Lipinski definition) is 4. The van der Waals surface area contributed by atoms with Gasteiger partial charge in [-0.2, -0.15) is 0 Å². The van der Waals surface area contributed by atoms with Crippen LogP contribution in [-0.2, 0) is 21.2 Å². The van der Waals surface area contributed by atoms with Crippen LogP contribution >= 0.6 is 12.4 Å². The number of aryl methyl sites for hydroxylation is 1. The molecule has 8 heteroatoms. The third kappa shape index (κ3) is 4.75. The summed E-state index contributed by atoms with van der Waals surface area (Å²) >= 11 is 0. The third-order valence-electron chi connectivity index (χ3n) is 2.82. The van der Waals surface area contributed by atoms with Crippen molar-refractivity contribution in [1.82, 2.24) is 0 Å². The molecule has 0 fully saturated rings. The summed E-state index contributed by atoms with van der Waals surface area (Å²) in [6.07, 6.45) is 0.541. The molecule has 6 nitrogen and oxygen atoms in total. The van der Waals surface area contributed by atoms with Gasteiger partial charge in [-0.05, 0) is 24.1 Å². The van der Waals surface area contributed by atoms with E-state index in [1.807, 2.05) is 6.92 Å². The molecule has 1 aromatic carbocycles. The van der Waals surface area contributed by atoms with Gasteiger partial charge in [-0.15, -0.1) is 12.4 Å². The number of rotatable bonds is 5. The molecule has 0 aromatic heterocycles. The molecule has 0 saturated carbocycles. The van der Waals surface area contributed by atoms with Crippen molar-refractivity contribution in [3.8, 4) is 0 Å². The van der Waals surface area contributed by atoms with Crippen LogP contribution < -0.4 is 16.2 Å². The van der Waals surface area contributed by atoms with Crippen molar-refractivity contribution in [2.24, 2.45) is 16.8 Å². The Kier molecular flexibility index (Phi) is 7.15. The van der Waals surface area contributed by atoms with E-state index in [1.54, 1.807) is 19.1 Å². The minimum absolute atomic E-state index is 0. The van der Waals surface area contributed by atoms with Crippen LogP contribution in [0.25, 0.3) is 0 Å². The molecule has 1 aromatic rings. The summed E-state index contributed by atoms with van der Waals surface area (Å²) in [5.41, 5.74) is 6.41. The molecule has 1 atom stereocenters. The maximum absolute atomic E-state index is 11.7. The summed E-state index contributed by atoms with van der Waals surface area (Å²) in [6.45, 7) is 3.75. The van der Waals surface area contributed by atoms with Crippen LogP contribution in [0, 0.1) is 5.92 Å². The van der Waals surface area contributed by atoms with E-state index in [2.05, 4.69) is 5.32 Å². The molecule has 1 amide bonds. The molecule has 114 valence electrons. The Labute approximate surface area is 125 Å². The van der Waals surface area contributed by atoms with Gasteiger partial charge in [0.2, 0.25) is 15.9 Å². The fourth-order valence-electron chi connectivity index (χ4n) is 1.56. The zero-order valence-corrected chi connectivity index (χ0v) is 13.1. The number of amides is 1. The number of benzene rings is 1. The van der Waals surface area contributed by atoms with Gasteiger partial charge >= 0.3 is 0 Å². The van der Waals surface area contributed by atoms with Crippen LogP contribution in [0.1, 0.15) is 19.4 Å². The summed E-state index contributed by atoms with van der Waals surface area (Å²) in [4.78, 5) is 11.7. The largest absolute Gasteiger partial charge is 0.330 e. The molecule has 0 saturated heterocycles. The molecule has 1 unspecified atom stereocenters. The van der Waals surface area contributed by atoms with Gasteiger partial charge in [0.1, 0.15) is 0 Å². The predicted molar refractivity (Wildman–Crippen MR) is 81.3 cm³/mol. The Morgan fingerprint density at radius 3 is 2.45 bits per heavy atom. The Morgan fingerprint density at radius 1 is 1.40 bits per heavy atom. The zero-order chi connectivity index (χ0) is 14.6. The number of halogens is 1. The fourth-order valence-corrected chi connectivity index (χ4v) is 2.43. The second-order valence-electron chi connectivity index (χ2n) is 4.35. The zero-order valence-electron chi connectivity index (χ0n) is 11.4. The number of primary sulfonamides is 1. The third-order valence-corrected chi connectivity index (χ3v) is 3.82. The summed E-state index contributed by atoms with van der Waals surface area (Å²) < 4.78 is 23.0. The average molecular weight is 322 g/mol. The molecule has 20 heavy (non-hydrogen) atoms. The van der Waals surface area contributed by atoms with Gasteiger partial charge in [-0.25, -0.2) is 13.6 Å². The highest BCUT2D eigenvalue weighted by molar-refractivity contribution is 7.89. The van der Waals surface area contributed by atoms with Crippen molar-refractivity contribution in [1.29, 1.82) is 0 Å². The highest BCUT2D eigenvalue weighted by Crippen LogP contribution is 2.20. The Bertz CT molecular complexity index is 575. The molecule has 0 aliphatic carbocycles. The number of nitrogens with two attached hydrogens (primary N) is 2. The lowest BCUT2D eigenvalue weighted by atomic mass is 10.1. The molecule has 0 radical (unpaired) electrons. The van der Waals surface area contributed by atoms with Crippen LogP contribution in [0.15, 0.2) is 23.1 Å². The van der Waals surface area contributed by atoms with Gasteiger partial charge in [-0.3, -0.25) is 4.79 Å². The predicted octanol–water partition coefficient (Wildman–Crippen LogP) is 0.852. The number of hydrogen-bond donors (Lipinski definition) is 3. The van der Waals surface area contributed by atoms with Crippen molar-refractivity contribution in [2.75, 3.05) is 11.9 Å². The first-order valence-corrected chi connectivity index (χ1v) is 7.50. The summed E-state index contributed by atoms with van der Waals surface area (Å²) in [5, 5.41) is 7.78. The molecular weight excluding hydrogens is 302 g/mol. The maximum Gasteiger partial charge on any atom is 0.238 e. The standard InChI is InChI=1S/C12H19N3O3S.ClH/c1-3-9-4-5-10(6-11(9)19(14,17)18)15-12(16)8(2)7-13;/h4-6,8H,3,7,13H2,1-2H3,(H,15,16)(H2,14,17,18);1H. The molecular formula is C12H20ClN3O3S. The summed E-state index contributed by atoms with van der Waals surface area (Å²) in [7, 11) is -3.81. The van der Waals surface area contributed by atoms with E-state index in [0.717, 1.165) is 0 Å². The smallest absolute Gasteiger partial charge is 0.238 e. The molecule has 1 rings (SSSR count). The van der Waals surface area contributed by atoms with Gasteiger partial charge in [0, 0.05) is 18.2 Å². The highest BCUT2D eigenvalue weighted by Gasteiger charge is 2.16. The lowest BCUT2D eigenvalue weighted by molar-refractivity contribution is -0.119. The Balaban J connectivity index is 0.00000361. The van der Waals surface area contributed by atoms with Crippen molar-refractivity contribution in [3.05, 3.63) is 23.8 Å². The van der Waals surface area contributed by atoms with Crippen LogP contribution in [0.2, 0.25) is 0 Å². The lowest BCUT2D eigenvalue weighted by Gasteiger charge is -2.12. The quantitative estimate of drug-likeness (QED) is 0.745. The highest BCUT2D eigenvalue weighted by atomic mass is 35.5. The number of anilines is 1. The first kappa shape index (κ1) is 18.9. The molecule has 0 aliphatic heterocycles. The number of carbonyl (C=O) groups is 1. The SMILES string of the molecule is CCc1ccc(NC(=O)C(C)CN)cc1S(N)(=O)=O.Cl. The van der Waals surface area contributed by atoms with Crippen LogP contribution in [-0.4, -0.2) is 20.9 Å². The van der Waals surface area contributed by atoms with Gasteiger partial charge in [-0.1, -0.05) is 19.9 Å². The minimum atomic E-state index is -3.81. The molecule has 0 spiro atoms. The van der Waals surface area contributed by atoms with Crippen molar-refractivity contribution in [3.63, 3.8) is 0 Å². The second kappa shape index (κ2) is 7.58. The van der Waals surface area contributed by atoms with E-state index < -0.39 is 10.0 Å². The van der Waals surface area contributed by atoms with E-state index in [1.165, 1.54) is 6.07 Å². The Morgan fingerprint density at radius 2 is 2.00 bits per heavy atom. The van der Waals surface area contributed by atoms with Gasteiger partial charge in [0.25, 0.3) is 0 Å². The van der Waals surface area contributed by atoms with Gasteiger partial charge in [0.15, 0.2) is 0 Å². The van der Waals surface area contributed by atoms with E-state index in [9.17, 15) is 13.2 Å². The Hall–Kier alpha value is -1.15. The van der Waals surface area contributed by atoms with E-state index in [4.69, 9.17) is 10.9 Å². The molecule has 0 aliphatic rings. The fraction of sp³-hybridized carbons (Fsp3) is 0.417. The monoisotopic (exact) mass is 321 g/mol. The minimum Gasteiger partial charge on any atom is -0.330 e. The first-order valence-electron chi connectivity index (χ1n) is 5.96. The molecule has 5 N–H and O–H groups in total. The molecule has 0 heterocycles. The first-order chi connectivity index (χ1) is 8.79. The van der Waals surface area contributed by atoms with Gasteiger partial charge < -0.3 is 11.1 Å². The number of sulfonamides is 1. The van der Waals surface area contributed by atoms with Crippen molar-refractivity contribution >= 4 is 34.0 Å². The van der Waals surface area contributed by atoms with E-state index >= 15 is 0 Å². The number of nitrogens with one attached hydrogen (secondary N) is 1. The lowest BCUT2D eigenvalue weighted by Crippen LogP contribution is -2.26. The second-order valence-corrected chi connectivity index (χ2v) is 5.88. The summed E-state index contributed by atoms with van der Waals surface area (Å²) in [6, 6.07) is 4.66. The van der Waals surface area contributed by atoms with E-state index in [0.29, 0.717) is 17.7 Å². The van der Waals surface area contributed by atoms with E-state index in [-0.39, 0.29) is 35.7 Å². The van der Waals surface area contributed by atoms with Gasteiger partial charge in [0.05, 0.1) is 4.90 Å². The average Bonchev–Trinajstić information content (AvgIpc) is 2.36. The van der Waals surface area contributed by atoms with Crippen LogP contribution in [0.4, 0.5) is 5.69 Å².